The van der Waals surface area contributed by atoms with Crippen LogP contribution in [0.4, 0.5) is 0 Å². The van der Waals surface area contributed by atoms with Gasteiger partial charge in [0.1, 0.15) is 13.2 Å². The molecule has 5 heteroatoms. The Balaban J connectivity index is 3.24. The molecule has 0 saturated heterocycles. The van der Waals surface area contributed by atoms with Crippen molar-refractivity contribution in [3.05, 3.63) is 12.3 Å². The number of hydroxylamine groups is 2. The first-order valence-corrected chi connectivity index (χ1v) is 15.3. The van der Waals surface area contributed by atoms with Crippen LogP contribution in [0.1, 0.15) is 155 Å². The van der Waals surface area contributed by atoms with Crippen molar-refractivity contribution in [2.75, 3.05) is 26.4 Å². The monoisotopic (exact) mass is 499 g/mol. The standard InChI is InChI=1S/C30H61NO4/c1-2-3-4-5-6-7-8-9-10-11-12-13-14-15-16-17-18-19-20-21-22-23-24-25-26-31(34-29-27-32)35-30-28-33/h25-26,32-33H,2-24,27-30H2,1H3. The maximum Gasteiger partial charge on any atom is 0.101 e. The number of nitrogens with zero attached hydrogens (tertiary/aromatic N) is 1. The maximum absolute atomic E-state index is 8.82. The molecule has 0 aromatic rings. The molecule has 0 unspecified atom stereocenters. The van der Waals surface area contributed by atoms with Gasteiger partial charge in [-0.15, -0.1) is 5.23 Å². The zero-order chi connectivity index (χ0) is 25.5. The second kappa shape index (κ2) is 31.4. The second-order valence-electron chi connectivity index (χ2n) is 10.00. The fourth-order valence-electron chi connectivity index (χ4n) is 4.42. The van der Waals surface area contributed by atoms with Crippen LogP contribution in [-0.2, 0) is 9.68 Å². The second-order valence-corrected chi connectivity index (χ2v) is 10.00. The normalized spacial score (nSPS) is 11.6. The SMILES string of the molecule is CCCCCCCCCCCCCCCCCCCCCCCCC=CN(OCCO)OCCO. The number of allylic oxidation sites excluding steroid dienone is 1. The quantitative estimate of drug-likeness (QED) is 0.0764. The average Bonchev–Trinajstić information content (AvgIpc) is 2.87. The van der Waals surface area contributed by atoms with Crippen molar-refractivity contribution < 1.29 is 19.9 Å². The Bertz CT molecular complexity index is 398. The van der Waals surface area contributed by atoms with Crippen molar-refractivity contribution >= 4 is 0 Å². The molecule has 0 heterocycles. The van der Waals surface area contributed by atoms with Gasteiger partial charge >= 0.3 is 0 Å². The smallest absolute Gasteiger partial charge is 0.101 e. The zero-order valence-corrected chi connectivity index (χ0v) is 23.4. The fraction of sp³-hybridized carbons (Fsp3) is 0.933. The average molecular weight is 500 g/mol. The molecule has 0 bridgehead atoms. The van der Waals surface area contributed by atoms with Crippen LogP contribution < -0.4 is 0 Å². The molecule has 0 radical (unpaired) electrons. The van der Waals surface area contributed by atoms with Crippen molar-refractivity contribution in [1.29, 1.82) is 0 Å². The highest BCUT2D eigenvalue weighted by molar-refractivity contribution is 4.76. The van der Waals surface area contributed by atoms with Crippen LogP contribution in [0, 0.1) is 0 Å². The van der Waals surface area contributed by atoms with Gasteiger partial charge in [-0.1, -0.05) is 148 Å². The van der Waals surface area contributed by atoms with E-state index in [0.717, 1.165) is 6.42 Å². The minimum Gasteiger partial charge on any atom is -0.394 e. The van der Waals surface area contributed by atoms with Gasteiger partial charge in [0.05, 0.1) is 19.4 Å². The molecule has 0 rings (SSSR count). The summed E-state index contributed by atoms with van der Waals surface area (Å²) in [5, 5.41) is 18.9. The molecule has 210 valence electrons. The van der Waals surface area contributed by atoms with E-state index in [9.17, 15) is 0 Å². The molecular weight excluding hydrogens is 438 g/mol. The maximum atomic E-state index is 8.82. The molecular formula is C30H61NO4. The highest BCUT2D eigenvalue weighted by Gasteiger charge is 1.99. The summed E-state index contributed by atoms with van der Waals surface area (Å²) >= 11 is 0. The van der Waals surface area contributed by atoms with Crippen LogP contribution in [0.3, 0.4) is 0 Å². The van der Waals surface area contributed by atoms with E-state index in [4.69, 9.17) is 19.9 Å². The molecule has 0 atom stereocenters. The predicted molar refractivity (Wildman–Crippen MR) is 149 cm³/mol. The first-order chi connectivity index (χ1) is 17.3. The van der Waals surface area contributed by atoms with E-state index in [1.807, 2.05) is 6.08 Å². The molecule has 0 amide bonds. The Hall–Kier alpha value is -0.620. The van der Waals surface area contributed by atoms with Crippen LogP contribution in [-0.4, -0.2) is 41.9 Å². The molecule has 0 saturated carbocycles. The molecule has 0 aromatic heterocycles. The molecule has 5 nitrogen and oxygen atoms in total. The lowest BCUT2D eigenvalue weighted by atomic mass is 10.0. The summed E-state index contributed by atoms with van der Waals surface area (Å²) < 4.78 is 0. The van der Waals surface area contributed by atoms with Gasteiger partial charge in [0.2, 0.25) is 0 Å². The summed E-state index contributed by atoms with van der Waals surface area (Å²) in [7, 11) is 0. The number of aliphatic hydroxyl groups excluding tert-OH is 2. The number of aliphatic hydroxyl groups is 2. The van der Waals surface area contributed by atoms with E-state index < -0.39 is 0 Å². The Morgan fingerprint density at radius 2 is 0.800 bits per heavy atom. The van der Waals surface area contributed by atoms with Gasteiger partial charge in [0, 0.05) is 0 Å². The van der Waals surface area contributed by atoms with Crippen LogP contribution in [0.2, 0.25) is 0 Å². The summed E-state index contributed by atoms with van der Waals surface area (Å²) in [5.41, 5.74) is 0. The van der Waals surface area contributed by atoms with Crippen LogP contribution in [0.5, 0.6) is 0 Å². The Morgan fingerprint density at radius 3 is 1.11 bits per heavy atom. The van der Waals surface area contributed by atoms with Gasteiger partial charge in [0.15, 0.2) is 0 Å². The minimum absolute atomic E-state index is 0.0632. The summed E-state index contributed by atoms with van der Waals surface area (Å²) in [5.74, 6) is 0. The van der Waals surface area contributed by atoms with Crippen LogP contribution in [0.25, 0.3) is 0 Å². The highest BCUT2D eigenvalue weighted by Crippen LogP contribution is 2.15. The summed E-state index contributed by atoms with van der Waals surface area (Å²) in [6.45, 7) is 2.52. The number of unbranched alkanes of at least 4 members (excludes halogenated alkanes) is 22. The van der Waals surface area contributed by atoms with Gasteiger partial charge in [0.25, 0.3) is 0 Å². The van der Waals surface area contributed by atoms with E-state index in [-0.39, 0.29) is 26.4 Å². The number of hydrogen-bond acceptors (Lipinski definition) is 5. The third-order valence-corrected chi connectivity index (χ3v) is 6.57. The summed E-state index contributed by atoms with van der Waals surface area (Å²) in [6, 6.07) is 0. The molecule has 35 heavy (non-hydrogen) atoms. The van der Waals surface area contributed by atoms with Crippen LogP contribution >= 0.6 is 0 Å². The molecule has 0 spiro atoms. The van der Waals surface area contributed by atoms with E-state index in [1.54, 1.807) is 6.20 Å². The molecule has 0 aliphatic heterocycles. The highest BCUT2D eigenvalue weighted by atomic mass is 16.9. The molecule has 0 fully saturated rings. The minimum atomic E-state index is -0.0632. The van der Waals surface area contributed by atoms with Crippen molar-refractivity contribution in [3.63, 3.8) is 0 Å². The lowest BCUT2D eigenvalue weighted by molar-refractivity contribution is -0.339. The third kappa shape index (κ3) is 29.5. The van der Waals surface area contributed by atoms with Gasteiger partial charge in [-0.3, -0.25) is 0 Å². The molecule has 0 aliphatic carbocycles. The Kier molecular flexibility index (Phi) is 30.9. The lowest BCUT2D eigenvalue weighted by Gasteiger charge is -2.17. The predicted octanol–water partition coefficient (Wildman–Crippen LogP) is 8.64. The Labute approximate surface area is 218 Å². The lowest BCUT2D eigenvalue weighted by Crippen LogP contribution is -2.22. The van der Waals surface area contributed by atoms with E-state index in [2.05, 4.69) is 6.92 Å². The van der Waals surface area contributed by atoms with E-state index in [0.29, 0.717) is 0 Å². The van der Waals surface area contributed by atoms with Gasteiger partial charge in [-0.2, -0.15) is 0 Å². The largest absolute Gasteiger partial charge is 0.394 e. The first-order valence-electron chi connectivity index (χ1n) is 15.3. The number of rotatable bonds is 30. The van der Waals surface area contributed by atoms with Crippen molar-refractivity contribution in [3.8, 4) is 0 Å². The van der Waals surface area contributed by atoms with Gasteiger partial charge in [-0.25, -0.2) is 9.68 Å². The van der Waals surface area contributed by atoms with Gasteiger partial charge in [-0.05, 0) is 12.8 Å². The third-order valence-electron chi connectivity index (χ3n) is 6.57. The fourth-order valence-corrected chi connectivity index (χ4v) is 4.42. The molecule has 0 aliphatic rings. The van der Waals surface area contributed by atoms with Crippen molar-refractivity contribution in [1.82, 2.24) is 5.23 Å². The summed E-state index contributed by atoms with van der Waals surface area (Å²) in [4.78, 5) is 10.4. The topological polar surface area (TPSA) is 62.2 Å². The Morgan fingerprint density at radius 1 is 0.486 bits per heavy atom. The van der Waals surface area contributed by atoms with Gasteiger partial charge < -0.3 is 10.2 Å². The van der Waals surface area contributed by atoms with Crippen molar-refractivity contribution in [2.24, 2.45) is 0 Å². The van der Waals surface area contributed by atoms with Crippen LogP contribution in [0.15, 0.2) is 12.3 Å². The van der Waals surface area contributed by atoms with E-state index in [1.165, 1.54) is 146 Å². The summed E-state index contributed by atoms with van der Waals surface area (Å²) in [6.07, 6.45) is 35.7. The zero-order valence-electron chi connectivity index (χ0n) is 23.4. The molecule has 0 aromatic carbocycles. The van der Waals surface area contributed by atoms with E-state index >= 15 is 0 Å². The molecule has 2 N–H and O–H groups in total. The number of hydrogen-bond donors (Lipinski definition) is 2. The first kappa shape index (κ1) is 34.4. The van der Waals surface area contributed by atoms with Crippen molar-refractivity contribution in [2.45, 2.75) is 155 Å².